The number of hydrogen-bond donors (Lipinski definition) is 1. The molecule has 4 heteroatoms. The predicted octanol–water partition coefficient (Wildman–Crippen LogP) is 1.51. The molecular formula is C14H26N2O2. The summed E-state index contributed by atoms with van der Waals surface area (Å²) in [6.07, 6.45) is 4.57. The topological polar surface area (TPSA) is 43.8 Å². The maximum atomic E-state index is 11.6. The Morgan fingerprint density at radius 1 is 1.11 bits per heavy atom. The smallest absolute Gasteiger partial charge is 0.321 e. The Kier molecular flexibility index (Phi) is 4.62. The molecule has 4 nitrogen and oxygen atoms in total. The quantitative estimate of drug-likeness (QED) is 0.829. The van der Waals surface area contributed by atoms with Gasteiger partial charge in [0.1, 0.15) is 6.04 Å². The van der Waals surface area contributed by atoms with E-state index in [9.17, 15) is 9.90 Å². The van der Waals surface area contributed by atoms with Crippen molar-refractivity contribution >= 4 is 5.97 Å². The fourth-order valence-corrected chi connectivity index (χ4v) is 3.36. The Labute approximate surface area is 110 Å². The lowest BCUT2D eigenvalue weighted by atomic mass is 9.78. The number of carbonyl (C=O) groups is 1. The molecule has 0 radical (unpaired) electrons. The highest BCUT2D eigenvalue weighted by atomic mass is 16.4. The van der Waals surface area contributed by atoms with Crippen LogP contribution in [0.15, 0.2) is 0 Å². The largest absolute Gasteiger partial charge is 0.480 e. The molecule has 104 valence electrons. The summed E-state index contributed by atoms with van der Waals surface area (Å²) in [5, 5.41) is 9.55. The first-order chi connectivity index (χ1) is 8.58. The first kappa shape index (κ1) is 13.8. The van der Waals surface area contributed by atoms with Crippen LogP contribution >= 0.6 is 0 Å². The summed E-state index contributed by atoms with van der Waals surface area (Å²) < 4.78 is 0. The average molecular weight is 254 g/mol. The van der Waals surface area contributed by atoms with E-state index in [1.807, 2.05) is 0 Å². The molecule has 0 aromatic heterocycles. The van der Waals surface area contributed by atoms with Gasteiger partial charge in [0.2, 0.25) is 0 Å². The van der Waals surface area contributed by atoms with E-state index in [1.165, 1.54) is 12.8 Å². The first-order valence-corrected chi connectivity index (χ1v) is 7.23. The third kappa shape index (κ3) is 3.23. The van der Waals surface area contributed by atoms with Crippen LogP contribution in [0.1, 0.15) is 32.6 Å². The molecule has 1 saturated heterocycles. The van der Waals surface area contributed by atoms with Gasteiger partial charge >= 0.3 is 5.97 Å². The lowest BCUT2D eigenvalue weighted by molar-refractivity contribution is -0.147. The summed E-state index contributed by atoms with van der Waals surface area (Å²) >= 11 is 0. The van der Waals surface area contributed by atoms with Crippen molar-refractivity contribution in [1.82, 2.24) is 9.80 Å². The van der Waals surface area contributed by atoms with Gasteiger partial charge in [0.25, 0.3) is 0 Å². The summed E-state index contributed by atoms with van der Waals surface area (Å²) in [6.45, 7) is 6.07. The molecule has 1 aliphatic carbocycles. The number of rotatable bonds is 3. The van der Waals surface area contributed by atoms with Crippen LogP contribution in [-0.2, 0) is 4.79 Å². The van der Waals surface area contributed by atoms with E-state index in [4.69, 9.17) is 0 Å². The zero-order valence-corrected chi connectivity index (χ0v) is 11.6. The molecular weight excluding hydrogens is 228 g/mol. The minimum absolute atomic E-state index is 0.244. The third-order valence-electron chi connectivity index (χ3n) is 4.69. The Balaban J connectivity index is 1.97. The number of nitrogens with zero attached hydrogens (tertiary/aromatic N) is 2. The highest BCUT2D eigenvalue weighted by Crippen LogP contribution is 2.32. The fourth-order valence-electron chi connectivity index (χ4n) is 3.36. The normalized spacial score (nSPS) is 33.2. The molecule has 0 aromatic rings. The van der Waals surface area contributed by atoms with E-state index in [0.717, 1.165) is 44.9 Å². The van der Waals surface area contributed by atoms with Crippen LogP contribution in [0.3, 0.4) is 0 Å². The van der Waals surface area contributed by atoms with E-state index >= 15 is 0 Å². The molecule has 0 amide bonds. The third-order valence-corrected chi connectivity index (χ3v) is 4.69. The van der Waals surface area contributed by atoms with Crippen LogP contribution in [0, 0.1) is 11.8 Å². The average Bonchev–Trinajstić information content (AvgIpc) is 2.34. The minimum atomic E-state index is -0.612. The van der Waals surface area contributed by atoms with Gasteiger partial charge in [0.05, 0.1) is 0 Å². The molecule has 1 N–H and O–H groups in total. The van der Waals surface area contributed by atoms with Gasteiger partial charge in [-0.05, 0) is 31.7 Å². The van der Waals surface area contributed by atoms with E-state index in [-0.39, 0.29) is 6.04 Å². The van der Waals surface area contributed by atoms with Crippen molar-refractivity contribution in [3.8, 4) is 0 Å². The van der Waals surface area contributed by atoms with E-state index in [0.29, 0.717) is 5.92 Å². The van der Waals surface area contributed by atoms with Crippen LogP contribution < -0.4 is 0 Å². The predicted molar refractivity (Wildman–Crippen MR) is 71.6 cm³/mol. The zero-order chi connectivity index (χ0) is 13.1. The maximum absolute atomic E-state index is 11.6. The highest BCUT2D eigenvalue weighted by Gasteiger charge is 2.36. The van der Waals surface area contributed by atoms with E-state index in [2.05, 4.69) is 23.8 Å². The summed E-state index contributed by atoms with van der Waals surface area (Å²) in [5.41, 5.74) is 0. The molecule has 1 saturated carbocycles. The zero-order valence-electron chi connectivity index (χ0n) is 11.6. The molecule has 1 aliphatic heterocycles. The van der Waals surface area contributed by atoms with Crippen molar-refractivity contribution in [3.63, 3.8) is 0 Å². The second-order valence-corrected chi connectivity index (χ2v) is 6.14. The minimum Gasteiger partial charge on any atom is -0.480 e. The van der Waals surface area contributed by atoms with Gasteiger partial charge < -0.3 is 10.0 Å². The fraction of sp³-hybridized carbons (Fsp3) is 0.929. The van der Waals surface area contributed by atoms with Crippen molar-refractivity contribution in [2.75, 3.05) is 33.2 Å². The van der Waals surface area contributed by atoms with Gasteiger partial charge in [0.15, 0.2) is 0 Å². The lowest BCUT2D eigenvalue weighted by Crippen LogP contribution is -2.54. The Morgan fingerprint density at radius 2 is 1.67 bits per heavy atom. The van der Waals surface area contributed by atoms with Gasteiger partial charge in [0, 0.05) is 26.2 Å². The molecule has 2 aliphatic rings. The van der Waals surface area contributed by atoms with Gasteiger partial charge in [-0.25, -0.2) is 0 Å². The van der Waals surface area contributed by atoms with Crippen molar-refractivity contribution < 1.29 is 9.90 Å². The van der Waals surface area contributed by atoms with Crippen molar-refractivity contribution in [2.45, 2.75) is 38.6 Å². The lowest BCUT2D eigenvalue weighted by Gasteiger charge is -2.41. The SMILES string of the molecule is CC1CCC(C(C(=O)O)N2CCN(C)CC2)CC1. The van der Waals surface area contributed by atoms with Crippen molar-refractivity contribution in [2.24, 2.45) is 11.8 Å². The summed E-state index contributed by atoms with van der Waals surface area (Å²) in [4.78, 5) is 16.1. The van der Waals surface area contributed by atoms with Gasteiger partial charge in [-0.1, -0.05) is 19.8 Å². The molecule has 18 heavy (non-hydrogen) atoms. The summed E-state index contributed by atoms with van der Waals surface area (Å²) in [7, 11) is 2.11. The second kappa shape index (κ2) is 6.02. The number of likely N-dealkylation sites (N-methyl/N-ethyl adjacent to an activating group) is 1. The van der Waals surface area contributed by atoms with Gasteiger partial charge in [-0.15, -0.1) is 0 Å². The van der Waals surface area contributed by atoms with Crippen LogP contribution in [0.4, 0.5) is 0 Å². The van der Waals surface area contributed by atoms with Crippen LogP contribution in [0.2, 0.25) is 0 Å². The van der Waals surface area contributed by atoms with E-state index < -0.39 is 5.97 Å². The van der Waals surface area contributed by atoms with E-state index in [1.54, 1.807) is 0 Å². The second-order valence-electron chi connectivity index (χ2n) is 6.14. The highest BCUT2D eigenvalue weighted by molar-refractivity contribution is 5.74. The number of piperazine rings is 1. The first-order valence-electron chi connectivity index (χ1n) is 7.23. The number of hydrogen-bond acceptors (Lipinski definition) is 3. The number of aliphatic carboxylic acids is 1. The molecule has 0 aromatic carbocycles. The molecule has 0 bridgehead atoms. The molecule has 1 heterocycles. The van der Waals surface area contributed by atoms with Crippen LogP contribution in [0.5, 0.6) is 0 Å². The Hall–Kier alpha value is -0.610. The maximum Gasteiger partial charge on any atom is 0.321 e. The van der Waals surface area contributed by atoms with Crippen LogP contribution in [-0.4, -0.2) is 60.1 Å². The molecule has 1 atom stereocenters. The summed E-state index contributed by atoms with van der Waals surface area (Å²) in [5.74, 6) is 0.532. The molecule has 2 rings (SSSR count). The molecule has 1 unspecified atom stereocenters. The monoisotopic (exact) mass is 254 g/mol. The molecule has 0 spiro atoms. The van der Waals surface area contributed by atoms with Crippen LogP contribution in [0.25, 0.3) is 0 Å². The standard InChI is InChI=1S/C14H26N2O2/c1-11-3-5-12(6-4-11)13(14(17)18)16-9-7-15(2)8-10-16/h11-13H,3-10H2,1-2H3,(H,17,18). The van der Waals surface area contributed by atoms with Gasteiger partial charge in [-0.2, -0.15) is 0 Å². The summed E-state index contributed by atoms with van der Waals surface area (Å²) in [6, 6.07) is -0.244. The Bertz CT molecular complexity index is 258. The Morgan fingerprint density at radius 3 is 2.17 bits per heavy atom. The van der Waals surface area contributed by atoms with Gasteiger partial charge in [-0.3, -0.25) is 9.69 Å². The van der Waals surface area contributed by atoms with Crippen molar-refractivity contribution in [3.05, 3.63) is 0 Å². The number of carboxylic acid groups (broad SMARTS) is 1. The van der Waals surface area contributed by atoms with Crippen molar-refractivity contribution in [1.29, 1.82) is 0 Å². The number of carboxylic acids is 1. The molecule has 2 fully saturated rings.